The van der Waals surface area contributed by atoms with E-state index in [2.05, 4.69) is 146 Å². The molecule has 0 unspecified atom stereocenters. The highest BCUT2D eigenvalue weighted by molar-refractivity contribution is 6.24. The standard InChI is InChI=1S/C42H26O/c1-2-12-27(13-3-1)30-24-28-14-4-5-15-31(28)38(25-30)42-36-19-8-6-17-34(36)41(35-18-7-9-20-37(35)42)29-22-23-33-32-16-10-11-21-39(32)43-40(33)26-29/h1-26H. The molecule has 1 heteroatoms. The van der Waals surface area contributed by atoms with Gasteiger partial charge >= 0.3 is 0 Å². The zero-order chi connectivity index (χ0) is 28.3. The molecule has 9 rings (SSSR count). The normalized spacial score (nSPS) is 11.7. The molecule has 8 aromatic carbocycles. The van der Waals surface area contributed by atoms with Gasteiger partial charge in [0.15, 0.2) is 0 Å². The minimum atomic E-state index is 0.914. The molecule has 0 saturated heterocycles. The van der Waals surface area contributed by atoms with Crippen LogP contribution in [0.1, 0.15) is 0 Å². The highest BCUT2D eigenvalue weighted by Gasteiger charge is 2.19. The number of benzene rings is 8. The Hall–Kier alpha value is -5.66. The minimum Gasteiger partial charge on any atom is -0.456 e. The van der Waals surface area contributed by atoms with Crippen LogP contribution in [0.25, 0.3) is 87.6 Å². The van der Waals surface area contributed by atoms with Crippen LogP contribution in [0.15, 0.2) is 162 Å². The third-order valence-electron chi connectivity index (χ3n) is 8.84. The van der Waals surface area contributed by atoms with Crippen LogP contribution in [0.5, 0.6) is 0 Å². The maximum absolute atomic E-state index is 6.34. The Labute approximate surface area is 249 Å². The lowest BCUT2D eigenvalue weighted by Gasteiger charge is -2.19. The van der Waals surface area contributed by atoms with Gasteiger partial charge in [0.25, 0.3) is 0 Å². The summed E-state index contributed by atoms with van der Waals surface area (Å²) >= 11 is 0. The van der Waals surface area contributed by atoms with Crippen molar-refractivity contribution < 1.29 is 4.42 Å². The molecule has 0 atom stereocenters. The molecular formula is C42H26O. The van der Waals surface area contributed by atoms with Crippen molar-refractivity contribution in [1.29, 1.82) is 0 Å². The van der Waals surface area contributed by atoms with Crippen LogP contribution < -0.4 is 0 Å². The van der Waals surface area contributed by atoms with Gasteiger partial charge in [0.1, 0.15) is 11.2 Å². The molecule has 0 amide bonds. The molecule has 0 aliphatic carbocycles. The second kappa shape index (κ2) is 9.44. The maximum atomic E-state index is 6.34. The summed E-state index contributed by atoms with van der Waals surface area (Å²) in [6.07, 6.45) is 0. The van der Waals surface area contributed by atoms with Crippen molar-refractivity contribution in [2.24, 2.45) is 0 Å². The molecule has 1 heterocycles. The van der Waals surface area contributed by atoms with Crippen LogP contribution >= 0.6 is 0 Å². The number of fused-ring (bicyclic) bond motifs is 6. The van der Waals surface area contributed by atoms with E-state index in [0.717, 1.165) is 27.5 Å². The molecule has 0 N–H and O–H groups in total. The van der Waals surface area contributed by atoms with Crippen molar-refractivity contribution in [2.45, 2.75) is 0 Å². The van der Waals surface area contributed by atoms with E-state index in [1.807, 2.05) is 12.1 Å². The Kier molecular flexibility index (Phi) is 5.27. The Bertz CT molecular complexity index is 2440. The molecule has 0 fully saturated rings. The summed E-state index contributed by atoms with van der Waals surface area (Å²) in [5.74, 6) is 0. The minimum absolute atomic E-state index is 0.914. The number of rotatable bonds is 3. The molecule has 0 spiro atoms. The van der Waals surface area contributed by atoms with Gasteiger partial charge in [-0.15, -0.1) is 0 Å². The van der Waals surface area contributed by atoms with E-state index in [9.17, 15) is 0 Å². The van der Waals surface area contributed by atoms with Gasteiger partial charge in [0.2, 0.25) is 0 Å². The van der Waals surface area contributed by atoms with E-state index in [1.54, 1.807) is 0 Å². The molecule has 0 saturated carbocycles. The zero-order valence-corrected chi connectivity index (χ0v) is 23.4. The van der Waals surface area contributed by atoms with Crippen molar-refractivity contribution in [1.82, 2.24) is 0 Å². The summed E-state index contributed by atoms with van der Waals surface area (Å²) in [6.45, 7) is 0. The fraction of sp³-hybridized carbons (Fsp3) is 0. The second-order valence-electron chi connectivity index (χ2n) is 11.3. The molecule has 0 aliphatic heterocycles. The van der Waals surface area contributed by atoms with Crippen LogP contribution in [0.2, 0.25) is 0 Å². The first-order chi connectivity index (χ1) is 21.3. The predicted molar refractivity (Wildman–Crippen MR) is 183 cm³/mol. The van der Waals surface area contributed by atoms with E-state index in [4.69, 9.17) is 4.42 Å². The topological polar surface area (TPSA) is 13.1 Å². The first-order valence-electron chi connectivity index (χ1n) is 14.8. The van der Waals surface area contributed by atoms with Crippen LogP contribution in [0, 0.1) is 0 Å². The molecule has 1 aromatic heterocycles. The molecule has 0 aliphatic rings. The Morgan fingerprint density at radius 2 is 0.860 bits per heavy atom. The molecule has 43 heavy (non-hydrogen) atoms. The SMILES string of the molecule is c1ccc(-c2cc(-c3c4ccccc4c(-c4ccc5c(c4)oc4ccccc45)c4ccccc34)c3ccccc3c2)cc1. The summed E-state index contributed by atoms with van der Waals surface area (Å²) in [5, 5.41) is 9.77. The third-order valence-corrected chi connectivity index (χ3v) is 8.84. The van der Waals surface area contributed by atoms with E-state index in [1.165, 1.54) is 60.1 Å². The molecule has 0 bridgehead atoms. The van der Waals surface area contributed by atoms with Crippen LogP contribution in [0.4, 0.5) is 0 Å². The van der Waals surface area contributed by atoms with Crippen molar-refractivity contribution in [3.8, 4) is 33.4 Å². The highest BCUT2D eigenvalue weighted by atomic mass is 16.3. The van der Waals surface area contributed by atoms with Crippen LogP contribution in [0.3, 0.4) is 0 Å². The van der Waals surface area contributed by atoms with Gasteiger partial charge in [-0.3, -0.25) is 0 Å². The molecule has 200 valence electrons. The monoisotopic (exact) mass is 546 g/mol. The van der Waals surface area contributed by atoms with E-state index in [-0.39, 0.29) is 0 Å². The van der Waals surface area contributed by atoms with E-state index < -0.39 is 0 Å². The van der Waals surface area contributed by atoms with Gasteiger partial charge in [-0.25, -0.2) is 0 Å². The third kappa shape index (κ3) is 3.72. The molecule has 1 nitrogen and oxygen atoms in total. The van der Waals surface area contributed by atoms with Crippen molar-refractivity contribution >= 4 is 54.3 Å². The maximum Gasteiger partial charge on any atom is 0.136 e. The predicted octanol–water partition coefficient (Wildman–Crippen LogP) is 12.0. The summed E-state index contributed by atoms with van der Waals surface area (Å²) in [6, 6.07) is 56.9. The number of furan rings is 1. The summed E-state index contributed by atoms with van der Waals surface area (Å²) in [7, 11) is 0. The van der Waals surface area contributed by atoms with Gasteiger partial charge in [0, 0.05) is 10.8 Å². The quantitative estimate of drug-likeness (QED) is 0.201. The first-order valence-corrected chi connectivity index (χ1v) is 14.8. The van der Waals surface area contributed by atoms with Crippen LogP contribution in [-0.4, -0.2) is 0 Å². The van der Waals surface area contributed by atoms with Crippen molar-refractivity contribution in [3.05, 3.63) is 158 Å². The average molecular weight is 547 g/mol. The number of para-hydroxylation sites is 1. The first kappa shape index (κ1) is 24.0. The van der Waals surface area contributed by atoms with Gasteiger partial charge in [-0.05, 0) is 96.0 Å². The summed E-state index contributed by atoms with van der Waals surface area (Å²) in [4.78, 5) is 0. The summed E-state index contributed by atoms with van der Waals surface area (Å²) < 4.78 is 6.34. The number of hydrogen-bond donors (Lipinski definition) is 0. The van der Waals surface area contributed by atoms with Crippen molar-refractivity contribution in [3.63, 3.8) is 0 Å². The van der Waals surface area contributed by atoms with Gasteiger partial charge in [-0.2, -0.15) is 0 Å². The van der Waals surface area contributed by atoms with E-state index >= 15 is 0 Å². The Morgan fingerprint density at radius 1 is 0.302 bits per heavy atom. The summed E-state index contributed by atoms with van der Waals surface area (Å²) in [5.41, 5.74) is 9.20. The highest BCUT2D eigenvalue weighted by Crippen LogP contribution is 2.47. The molecule has 0 radical (unpaired) electrons. The lowest BCUT2D eigenvalue weighted by Crippen LogP contribution is -1.92. The smallest absolute Gasteiger partial charge is 0.136 e. The lowest BCUT2D eigenvalue weighted by atomic mass is 9.83. The Morgan fingerprint density at radius 3 is 1.58 bits per heavy atom. The average Bonchev–Trinajstić information content (AvgIpc) is 3.45. The van der Waals surface area contributed by atoms with Crippen molar-refractivity contribution in [2.75, 3.05) is 0 Å². The van der Waals surface area contributed by atoms with Gasteiger partial charge in [0.05, 0.1) is 0 Å². The lowest BCUT2D eigenvalue weighted by molar-refractivity contribution is 0.669. The van der Waals surface area contributed by atoms with Crippen LogP contribution in [-0.2, 0) is 0 Å². The van der Waals surface area contributed by atoms with Gasteiger partial charge < -0.3 is 4.42 Å². The Balaban J connectivity index is 1.39. The fourth-order valence-corrected chi connectivity index (χ4v) is 6.93. The molecule has 9 aromatic rings. The second-order valence-corrected chi connectivity index (χ2v) is 11.3. The number of hydrogen-bond acceptors (Lipinski definition) is 1. The molecular weight excluding hydrogens is 520 g/mol. The zero-order valence-electron chi connectivity index (χ0n) is 23.4. The van der Waals surface area contributed by atoms with E-state index in [0.29, 0.717) is 0 Å². The van der Waals surface area contributed by atoms with Gasteiger partial charge in [-0.1, -0.05) is 127 Å². The largest absolute Gasteiger partial charge is 0.456 e. The fourth-order valence-electron chi connectivity index (χ4n) is 6.93.